The summed E-state index contributed by atoms with van der Waals surface area (Å²) in [7, 11) is -3.26. The minimum Gasteiger partial charge on any atom is -0.304 e. The van der Waals surface area contributed by atoms with Gasteiger partial charge in [-0.15, -0.1) is 35.3 Å². The Morgan fingerprint density at radius 3 is 1.85 bits per heavy atom. The third-order valence-corrected chi connectivity index (χ3v) is 12.2. The molecule has 0 aliphatic heterocycles. The lowest BCUT2D eigenvalue weighted by atomic mass is 10.5. The SMILES string of the molecule is C/C=C/CSC(SC)(SC)P(=O)(OC(C)C)OC(C)C. The van der Waals surface area contributed by atoms with Crippen LogP contribution in [0.4, 0.5) is 0 Å². The second-order valence-corrected chi connectivity index (χ2v) is 11.7. The Morgan fingerprint density at radius 1 is 1.10 bits per heavy atom. The average molecular weight is 359 g/mol. The molecule has 0 aromatic carbocycles. The molecule has 0 aliphatic rings. The Morgan fingerprint density at radius 2 is 1.55 bits per heavy atom. The lowest BCUT2D eigenvalue weighted by Gasteiger charge is -2.37. The second-order valence-electron chi connectivity index (χ2n) is 4.62. The maximum absolute atomic E-state index is 13.4. The first-order chi connectivity index (χ1) is 9.26. The van der Waals surface area contributed by atoms with E-state index < -0.39 is 10.7 Å². The first-order valence-corrected chi connectivity index (χ1v) is 11.6. The van der Waals surface area contributed by atoms with Gasteiger partial charge in [-0.1, -0.05) is 12.2 Å². The van der Waals surface area contributed by atoms with Gasteiger partial charge in [-0.2, -0.15) is 0 Å². The van der Waals surface area contributed by atoms with Gasteiger partial charge in [0, 0.05) is 5.75 Å². The summed E-state index contributed by atoms with van der Waals surface area (Å²) in [6, 6.07) is 0. The van der Waals surface area contributed by atoms with E-state index in [0.717, 1.165) is 5.75 Å². The highest BCUT2D eigenvalue weighted by Gasteiger charge is 2.52. The maximum atomic E-state index is 13.4. The lowest BCUT2D eigenvalue weighted by molar-refractivity contribution is 0.143. The van der Waals surface area contributed by atoms with Crippen LogP contribution in [0, 0.1) is 0 Å². The molecule has 0 unspecified atom stereocenters. The Kier molecular flexibility index (Phi) is 10.3. The molecule has 3 nitrogen and oxygen atoms in total. The average Bonchev–Trinajstić information content (AvgIpc) is 2.32. The summed E-state index contributed by atoms with van der Waals surface area (Å²) in [5, 5.41) is 0. The molecule has 0 bridgehead atoms. The van der Waals surface area contributed by atoms with Gasteiger partial charge in [0.05, 0.1) is 12.2 Å². The van der Waals surface area contributed by atoms with Crippen LogP contribution in [0.1, 0.15) is 34.6 Å². The standard InChI is InChI=1S/C13H27O3PS3/c1-8-9-10-20-13(18-6,19-7)17(14,15-11(2)3)16-12(4)5/h8-9,11-12H,10H2,1-7H3/b9-8+. The molecule has 0 aromatic heterocycles. The number of thioether (sulfide) groups is 3. The summed E-state index contributed by atoms with van der Waals surface area (Å²) in [5.74, 6) is 0.783. The molecule has 0 aliphatic carbocycles. The minimum atomic E-state index is -3.26. The summed E-state index contributed by atoms with van der Waals surface area (Å²) in [5.41, 5.74) is 0. The van der Waals surface area contributed by atoms with Crippen molar-refractivity contribution in [3.8, 4) is 0 Å². The molecule has 0 aromatic rings. The molecule has 0 radical (unpaired) electrons. The van der Waals surface area contributed by atoms with Crippen molar-refractivity contribution in [3.05, 3.63) is 12.2 Å². The monoisotopic (exact) mass is 358 g/mol. The van der Waals surface area contributed by atoms with E-state index in [1.54, 1.807) is 11.8 Å². The van der Waals surface area contributed by atoms with Gasteiger partial charge >= 0.3 is 7.60 Å². The molecule has 0 heterocycles. The van der Waals surface area contributed by atoms with E-state index >= 15 is 0 Å². The molecule has 0 spiro atoms. The summed E-state index contributed by atoms with van der Waals surface area (Å²) in [6.45, 7) is 9.53. The summed E-state index contributed by atoms with van der Waals surface area (Å²) < 4.78 is 24.3. The molecular weight excluding hydrogens is 331 g/mol. The van der Waals surface area contributed by atoms with Gasteiger partial charge in [0.25, 0.3) is 0 Å². The van der Waals surface area contributed by atoms with Crippen molar-refractivity contribution < 1.29 is 13.6 Å². The summed E-state index contributed by atoms with van der Waals surface area (Å²) in [4.78, 5) is 0. The van der Waals surface area contributed by atoms with Crippen molar-refractivity contribution in [1.82, 2.24) is 0 Å². The summed E-state index contributed by atoms with van der Waals surface area (Å²) in [6.07, 6.45) is 7.69. The normalized spacial score (nSPS) is 13.8. The third-order valence-electron chi connectivity index (χ3n) is 2.15. The molecular formula is C13H27O3PS3. The van der Waals surface area contributed by atoms with Crippen LogP contribution in [0.2, 0.25) is 0 Å². The van der Waals surface area contributed by atoms with E-state index in [-0.39, 0.29) is 12.2 Å². The van der Waals surface area contributed by atoms with Crippen LogP contribution in [-0.2, 0) is 13.6 Å². The van der Waals surface area contributed by atoms with Crippen LogP contribution in [0.5, 0.6) is 0 Å². The molecule has 0 amide bonds. The highest BCUT2D eigenvalue weighted by molar-refractivity contribution is 8.40. The van der Waals surface area contributed by atoms with Crippen LogP contribution in [0.25, 0.3) is 0 Å². The fourth-order valence-electron chi connectivity index (χ4n) is 1.46. The smallest absolute Gasteiger partial charge is 0.304 e. The Labute approximate surface area is 136 Å². The highest BCUT2D eigenvalue weighted by Crippen LogP contribution is 2.74. The van der Waals surface area contributed by atoms with Crippen molar-refractivity contribution >= 4 is 42.9 Å². The minimum absolute atomic E-state index is 0.138. The van der Waals surface area contributed by atoms with Crippen molar-refractivity contribution in [2.75, 3.05) is 18.3 Å². The molecule has 0 atom stereocenters. The predicted molar refractivity (Wildman–Crippen MR) is 97.1 cm³/mol. The molecule has 0 fully saturated rings. The zero-order valence-corrected chi connectivity index (χ0v) is 16.8. The number of rotatable bonds is 10. The zero-order chi connectivity index (χ0) is 15.8. The van der Waals surface area contributed by atoms with Gasteiger partial charge in [-0.05, 0) is 47.1 Å². The van der Waals surface area contributed by atoms with Crippen LogP contribution in [0.3, 0.4) is 0 Å². The molecule has 0 saturated carbocycles. The zero-order valence-electron chi connectivity index (χ0n) is 13.4. The van der Waals surface area contributed by atoms with Crippen LogP contribution in [0.15, 0.2) is 12.2 Å². The molecule has 0 saturated heterocycles. The molecule has 0 rings (SSSR count). The van der Waals surface area contributed by atoms with Gasteiger partial charge in [0.15, 0.2) is 0 Å². The third kappa shape index (κ3) is 5.98. The lowest BCUT2D eigenvalue weighted by Crippen LogP contribution is -2.23. The second kappa shape index (κ2) is 9.86. The number of hydrogen-bond donors (Lipinski definition) is 0. The Hall–Kier alpha value is 0.940. The van der Waals surface area contributed by atoms with Crippen molar-refractivity contribution in [1.29, 1.82) is 0 Å². The van der Waals surface area contributed by atoms with Gasteiger partial charge < -0.3 is 9.05 Å². The van der Waals surface area contributed by atoms with Crippen molar-refractivity contribution in [2.45, 2.75) is 50.0 Å². The Bertz CT molecular complexity index is 328. The number of hydrogen-bond acceptors (Lipinski definition) is 6. The van der Waals surface area contributed by atoms with E-state index in [1.807, 2.05) is 53.2 Å². The molecule has 0 N–H and O–H groups in total. The molecule has 7 heteroatoms. The van der Waals surface area contributed by atoms with Crippen LogP contribution < -0.4 is 0 Å². The first-order valence-electron chi connectivity index (χ1n) is 6.59. The first kappa shape index (κ1) is 20.9. The van der Waals surface area contributed by atoms with Gasteiger partial charge in [-0.3, -0.25) is 4.57 Å². The molecule has 120 valence electrons. The maximum Gasteiger partial charge on any atom is 0.367 e. The van der Waals surface area contributed by atoms with E-state index in [0.29, 0.717) is 0 Å². The van der Waals surface area contributed by atoms with Gasteiger partial charge in [0.1, 0.15) is 0 Å². The van der Waals surface area contributed by atoms with Gasteiger partial charge in [0.2, 0.25) is 3.15 Å². The van der Waals surface area contributed by atoms with Crippen LogP contribution >= 0.6 is 42.9 Å². The highest BCUT2D eigenvalue weighted by atomic mass is 32.3. The topological polar surface area (TPSA) is 35.5 Å². The predicted octanol–water partition coefficient (Wildman–Crippen LogP) is 5.68. The van der Waals surface area contributed by atoms with Crippen molar-refractivity contribution in [3.63, 3.8) is 0 Å². The van der Waals surface area contributed by atoms with E-state index in [2.05, 4.69) is 6.08 Å². The summed E-state index contributed by atoms with van der Waals surface area (Å²) >= 11 is 4.69. The van der Waals surface area contributed by atoms with E-state index in [1.165, 1.54) is 23.5 Å². The van der Waals surface area contributed by atoms with E-state index in [4.69, 9.17) is 9.05 Å². The van der Waals surface area contributed by atoms with E-state index in [9.17, 15) is 4.57 Å². The largest absolute Gasteiger partial charge is 0.367 e. The van der Waals surface area contributed by atoms with Crippen molar-refractivity contribution in [2.24, 2.45) is 0 Å². The number of allylic oxidation sites excluding steroid dienone is 1. The quantitative estimate of drug-likeness (QED) is 0.284. The molecule has 20 heavy (non-hydrogen) atoms. The van der Waals surface area contributed by atoms with Crippen LogP contribution in [-0.4, -0.2) is 33.6 Å². The fraction of sp³-hybridized carbons (Fsp3) is 0.846. The van der Waals surface area contributed by atoms with Gasteiger partial charge in [-0.25, -0.2) is 0 Å². The fourth-order valence-corrected chi connectivity index (χ4v) is 8.82. The Balaban J connectivity index is 5.44.